The lowest BCUT2D eigenvalue weighted by molar-refractivity contribution is -0.384. The molecule has 0 radical (unpaired) electrons. The van der Waals surface area contributed by atoms with Gasteiger partial charge < -0.3 is 5.11 Å². The normalized spacial score (nSPS) is 13.0. The van der Waals surface area contributed by atoms with Crippen molar-refractivity contribution in [2.75, 3.05) is 0 Å². The summed E-state index contributed by atoms with van der Waals surface area (Å²) < 4.78 is 37.3. The maximum atomic E-state index is 12.4. The summed E-state index contributed by atoms with van der Waals surface area (Å²) in [4.78, 5) is 9.94. The predicted molar refractivity (Wildman–Crippen MR) is 68.6 cm³/mol. The number of alkyl halides is 3. The number of nitrogens with zero attached hydrogens (tertiary/aromatic N) is 1. The molecule has 2 aromatic carbocycles. The first-order valence-electron chi connectivity index (χ1n) is 5.88. The molecule has 0 spiro atoms. The number of nitro benzene ring substituents is 1. The second-order valence-corrected chi connectivity index (χ2v) is 4.37. The lowest BCUT2D eigenvalue weighted by atomic mass is 10.00. The number of hydrogen-bond donors (Lipinski definition) is 1. The van der Waals surface area contributed by atoms with Crippen molar-refractivity contribution in [1.82, 2.24) is 0 Å². The van der Waals surface area contributed by atoms with Gasteiger partial charge in [0.2, 0.25) is 0 Å². The van der Waals surface area contributed by atoms with Gasteiger partial charge in [0, 0.05) is 12.1 Å². The lowest BCUT2D eigenvalue weighted by Gasteiger charge is -2.13. The maximum Gasteiger partial charge on any atom is 0.416 e. The second-order valence-electron chi connectivity index (χ2n) is 4.37. The van der Waals surface area contributed by atoms with Crippen molar-refractivity contribution in [1.29, 1.82) is 0 Å². The molecule has 110 valence electrons. The van der Waals surface area contributed by atoms with E-state index in [4.69, 9.17) is 0 Å². The van der Waals surface area contributed by atoms with Gasteiger partial charge in [-0.15, -0.1) is 0 Å². The highest BCUT2D eigenvalue weighted by Crippen LogP contribution is 2.31. The Morgan fingerprint density at radius 2 is 1.38 bits per heavy atom. The van der Waals surface area contributed by atoms with Crippen LogP contribution in [-0.2, 0) is 6.18 Å². The highest BCUT2D eigenvalue weighted by atomic mass is 19.4. The van der Waals surface area contributed by atoms with Gasteiger partial charge in [0.25, 0.3) is 5.69 Å². The van der Waals surface area contributed by atoms with Crippen molar-refractivity contribution in [2.24, 2.45) is 0 Å². The molecule has 0 amide bonds. The van der Waals surface area contributed by atoms with Crippen LogP contribution in [0.1, 0.15) is 22.8 Å². The molecule has 0 heterocycles. The van der Waals surface area contributed by atoms with E-state index in [1.54, 1.807) is 0 Å². The predicted octanol–water partition coefficient (Wildman–Crippen LogP) is 3.70. The maximum absolute atomic E-state index is 12.4. The van der Waals surface area contributed by atoms with Gasteiger partial charge in [0.1, 0.15) is 6.10 Å². The van der Waals surface area contributed by atoms with Crippen LogP contribution in [0.5, 0.6) is 0 Å². The van der Waals surface area contributed by atoms with E-state index in [0.29, 0.717) is 5.56 Å². The molecule has 7 heteroatoms. The molecule has 0 aliphatic heterocycles. The topological polar surface area (TPSA) is 63.4 Å². The third-order valence-electron chi connectivity index (χ3n) is 2.97. The molecular weight excluding hydrogens is 287 g/mol. The number of nitro groups is 1. The number of aliphatic hydroxyl groups is 1. The highest BCUT2D eigenvalue weighted by Gasteiger charge is 2.30. The molecule has 1 N–H and O–H groups in total. The molecule has 2 rings (SSSR count). The second kappa shape index (κ2) is 5.53. The Labute approximate surface area is 117 Å². The van der Waals surface area contributed by atoms with E-state index < -0.39 is 22.8 Å². The Kier molecular flexibility index (Phi) is 3.95. The summed E-state index contributed by atoms with van der Waals surface area (Å²) in [6, 6.07) is 9.28. The lowest BCUT2D eigenvalue weighted by Crippen LogP contribution is -2.06. The van der Waals surface area contributed by atoms with Crippen LogP contribution in [0.4, 0.5) is 18.9 Å². The minimum absolute atomic E-state index is 0.127. The molecule has 4 nitrogen and oxygen atoms in total. The number of rotatable bonds is 3. The minimum Gasteiger partial charge on any atom is -0.384 e. The van der Waals surface area contributed by atoms with Crippen molar-refractivity contribution in [3.63, 3.8) is 0 Å². The fourth-order valence-corrected chi connectivity index (χ4v) is 1.83. The van der Waals surface area contributed by atoms with Gasteiger partial charge in [-0.3, -0.25) is 10.1 Å². The molecule has 1 atom stereocenters. The Hall–Kier alpha value is -2.41. The van der Waals surface area contributed by atoms with Crippen LogP contribution in [0.25, 0.3) is 0 Å². The SMILES string of the molecule is O=[N+]([O-])c1ccc(C(O)c2ccc(C(F)(F)F)cc2)cc1. The van der Waals surface area contributed by atoms with Gasteiger partial charge in [-0.1, -0.05) is 12.1 Å². The van der Waals surface area contributed by atoms with E-state index in [2.05, 4.69) is 0 Å². The summed E-state index contributed by atoms with van der Waals surface area (Å²) in [6.45, 7) is 0. The summed E-state index contributed by atoms with van der Waals surface area (Å²) in [6.07, 6.45) is -5.58. The van der Waals surface area contributed by atoms with E-state index in [9.17, 15) is 28.4 Å². The summed E-state index contributed by atoms with van der Waals surface area (Å²) in [5.41, 5.74) is -0.294. The first kappa shape index (κ1) is 15.0. The molecule has 0 saturated carbocycles. The van der Waals surface area contributed by atoms with Gasteiger partial charge in [-0.25, -0.2) is 0 Å². The Bertz CT molecular complexity index is 636. The van der Waals surface area contributed by atoms with Crippen molar-refractivity contribution >= 4 is 5.69 Å². The van der Waals surface area contributed by atoms with Crippen LogP contribution < -0.4 is 0 Å². The first-order chi connectivity index (χ1) is 9.79. The zero-order valence-corrected chi connectivity index (χ0v) is 10.5. The molecule has 0 aliphatic carbocycles. The molecule has 0 bridgehead atoms. The Morgan fingerprint density at radius 1 is 0.952 bits per heavy atom. The smallest absolute Gasteiger partial charge is 0.384 e. The standard InChI is InChI=1S/C14H10F3NO3/c15-14(16,17)11-5-1-9(2-6-11)13(19)10-3-7-12(8-4-10)18(20)21/h1-8,13,19H. The van der Waals surface area contributed by atoms with Crippen LogP contribution in [0.15, 0.2) is 48.5 Å². The van der Waals surface area contributed by atoms with Crippen molar-refractivity contribution < 1.29 is 23.2 Å². The highest BCUT2D eigenvalue weighted by molar-refractivity contribution is 5.38. The van der Waals surface area contributed by atoms with Gasteiger partial charge >= 0.3 is 6.18 Å². The molecule has 1 unspecified atom stereocenters. The van der Waals surface area contributed by atoms with Gasteiger partial charge in [-0.2, -0.15) is 13.2 Å². The molecule has 0 aromatic heterocycles. The van der Waals surface area contributed by atoms with E-state index >= 15 is 0 Å². The molecule has 21 heavy (non-hydrogen) atoms. The quantitative estimate of drug-likeness (QED) is 0.694. The number of benzene rings is 2. The molecular formula is C14H10F3NO3. The monoisotopic (exact) mass is 297 g/mol. The zero-order valence-electron chi connectivity index (χ0n) is 10.5. The molecule has 0 saturated heterocycles. The fourth-order valence-electron chi connectivity index (χ4n) is 1.83. The summed E-state index contributed by atoms with van der Waals surface area (Å²) in [7, 11) is 0. The third-order valence-corrected chi connectivity index (χ3v) is 2.97. The zero-order chi connectivity index (χ0) is 15.6. The number of non-ortho nitro benzene ring substituents is 1. The number of hydrogen-bond acceptors (Lipinski definition) is 3. The van der Waals surface area contributed by atoms with Gasteiger partial charge in [0.15, 0.2) is 0 Å². The summed E-state index contributed by atoms with van der Waals surface area (Å²) in [5, 5.41) is 20.6. The van der Waals surface area contributed by atoms with Crippen LogP contribution in [-0.4, -0.2) is 10.0 Å². The molecule has 2 aromatic rings. The van der Waals surface area contributed by atoms with Crippen molar-refractivity contribution in [3.8, 4) is 0 Å². The van der Waals surface area contributed by atoms with Gasteiger partial charge in [0.05, 0.1) is 10.5 Å². The van der Waals surface area contributed by atoms with Crippen LogP contribution in [0.3, 0.4) is 0 Å². The minimum atomic E-state index is -4.43. The third kappa shape index (κ3) is 3.38. The van der Waals surface area contributed by atoms with E-state index in [0.717, 1.165) is 12.1 Å². The van der Waals surface area contributed by atoms with Crippen LogP contribution in [0, 0.1) is 10.1 Å². The van der Waals surface area contributed by atoms with Gasteiger partial charge in [-0.05, 0) is 35.4 Å². The van der Waals surface area contributed by atoms with E-state index in [1.807, 2.05) is 0 Å². The number of halogens is 3. The van der Waals surface area contributed by atoms with Crippen LogP contribution in [0.2, 0.25) is 0 Å². The number of aliphatic hydroxyl groups excluding tert-OH is 1. The largest absolute Gasteiger partial charge is 0.416 e. The molecule has 0 aliphatic rings. The average molecular weight is 297 g/mol. The van der Waals surface area contributed by atoms with E-state index in [1.165, 1.54) is 36.4 Å². The fraction of sp³-hybridized carbons (Fsp3) is 0.143. The van der Waals surface area contributed by atoms with Crippen molar-refractivity contribution in [2.45, 2.75) is 12.3 Å². The summed E-state index contributed by atoms with van der Waals surface area (Å²) in [5.74, 6) is 0. The van der Waals surface area contributed by atoms with Crippen molar-refractivity contribution in [3.05, 3.63) is 75.3 Å². The first-order valence-corrected chi connectivity index (χ1v) is 5.88. The Balaban J connectivity index is 2.23. The molecule has 0 fully saturated rings. The van der Waals surface area contributed by atoms with Crippen LogP contribution >= 0.6 is 0 Å². The van der Waals surface area contributed by atoms with E-state index in [-0.39, 0.29) is 11.3 Å². The average Bonchev–Trinajstić information content (AvgIpc) is 2.46. The summed E-state index contributed by atoms with van der Waals surface area (Å²) >= 11 is 0. The Morgan fingerprint density at radius 3 is 1.76 bits per heavy atom.